The van der Waals surface area contributed by atoms with Crippen molar-refractivity contribution in [3.8, 4) is 0 Å². The van der Waals surface area contributed by atoms with E-state index in [1.54, 1.807) is 0 Å². The van der Waals surface area contributed by atoms with Gasteiger partial charge in [0.05, 0.1) is 5.60 Å². The summed E-state index contributed by atoms with van der Waals surface area (Å²) < 4.78 is 6.94. The average molecular weight is 269 g/mol. The maximum Gasteiger partial charge on any atom is 0.0927 e. The maximum atomic E-state index is 5.80. The third-order valence-corrected chi connectivity index (χ3v) is 3.90. The first-order chi connectivity index (χ1) is 7.27. The number of hydrogen-bond donors (Lipinski definition) is 0. The Morgan fingerprint density at radius 2 is 1.93 bits per heavy atom. The third kappa shape index (κ3) is 2.26. The van der Waals surface area contributed by atoms with Gasteiger partial charge in [0.2, 0.25) is 0 Å². The van der Waals surface area contributed by atoms with Crippen LogP contribution in [0.25, 0.3) is 0 Å². The second-order valence-electron chi connectivity index (χ2n) is 4.27. The molecule has 82 valence electrons. The second kappa shape index (κ2) is 4.67. The number of benzene rings is 1. The van der Waals surface area contributed by atoms with E-state index in [2.05, 4.69) is 40.2 Å². The number of methoxy groups -OCH3 is 1. The molecule has 0 N–H and O–H groups in total. The number of rotatable bonds is 2. The van der Waals surface area contributed by atoms with E-state index in [4.69, 9.17) is 4.74 Å². The maximum absolute atomic E-state index is 5.80. The van der Waals surface area contributed by atoms with E-state index in [9.17, 15) is 0 Å². The Kier molecular flexibility index (Phi) is 3.47. The van der Waals surface area contributed by atoms with Crippen LogP contribution in [-0.2, 0) is 10.3 Å². The SMILES string of the molecule is COC1(c2cccc(Br)c2)CCCCC1. The average Bonchev–Trinajstić information content (AvgIpc) is 2.30. The first kappa shape index (κ1) is 11.2. The van der Waals surface area contributed by atoms with Crippen LogP contribution in [0.4, 0.5) is 0 Å². The van der Waals surface area contributed by atoms with Crippen LogP contribution in [0.1, 0.15) is 37.7 Å². The molecular weight excluding hydrogens is 252 g/mol. The Morgan fingerprint density at radius 3 is 2.53 bits per heavy atom. The van der Waals surface area contributed by atoms with Gasteiger partial charge in [0.1, 0.15) is 0 Å². The number of hydrogen-bond acceptors (Lipinski definition) is 1. The molecule has 1 fully saturated rings. The lowest BCUT2D eigenvalue weighted by Crippen LogP contribution is -2.30. The Bertz CT molecular complexity index is 329. The van der Waals surface area contributed by atoms with E-state index in [1.165, 1.54) is 24.8 Å². The highest BCUT2D eigenvalue weighted by Crippen LogP contribution is 2.40. The summed E-state index contributed by atoms with van der Waals surface area (Å²) in [6.07, 6.45) is 6.21. The van der Waals surface area contributed by atoms with Crippen molar-refractivity contribution >= 4 is 15.9 Å². The normalized spacial score (nSPS) is 20.1. The fourth-order valence-electron chi connectivity index (χ4n) is 2.51. The quantitative estimate of drug-likeness (QED) is 0.779. The lowest BCUT2D eigenvalue weighted by molar-refractivity contribution is -0.0445. The van der Waals surface area contributed by atoms with E-state index >= 15 is 0 Å². The van der Waals surface area contributed by atoms with Gasteiger partial charge in [0.25, 0.3) is 0 Å². The van der Waals surface area contributed by atoms with Gasteiger partial charge in [-0.25, -0.2) is 0 Å². The fraction of sp³-hybridized carbons (Fsp3) is 0.538. The van der Waals surface area contributed by atoms with Gasteiger partial charge >= 0.3 is 0 Å². The lowest BCUT2D eigenvalue weighted by Gasteiger charge is -2.36. The van der Waals surface area contributed by atoms with Crippen molar-refractivity contribution in [3.05, 3.63) is 34.3 Å². The molecule has 1 nitrogen and oxygen atoms in total. The molecule has 0 unspecified atom stereocenters. The minimum Gasteiger partial charge on any atom is -0.374 e. The molecule has 0 heterocycles. The molecule has 15 heavy (non-hydrogen) atoms. The molecule has 1 aliphatic rings. The lowest BCUT2D eigenvalue weighted by atomic mass is 9.79. The molecular formula is C13H17BrO. The highest BCUT2D eigenvalue weighted by Gasteiger charge is 2.33. The summed E-state index contributed by atoms with van der Waals surface area (Å²) in [5.41, 5.74) is 1.29. The largest absolute Gasteiger partial charge is 0.374 e. The van der Waals surface area contributed by atoms with Gasteiger partial charge in [0, 0.05) is 11.6 Å². The standard InChI is InChI=1S/C13H17BrO/c1-15-13(8-3-2-4-9-13)11-6-5-7-12(14)10-11/h5-7,10H,2-4,8-9H2,1H3. The van der Waals surface area contributed by atoms with Crippen LogP contribution < -0.4 is 0 Å². The van der Waals surface area contributed by atoms with Crippen molar-refractivity contribution in [2.75, 3.05) is 7.11 Å². The van der Waals surface area contributed by atoms with Crippen LogP contribution in [0.2, 0.25) is 0 Å². The van der Waals surface area contributed by atoms with Gasteiger partial charge in [-0.15, -0.1) is 0 Å². The molecule has 1 aromatic rings. The first-order valence-corrected chi connectivity index (χ1v) is 6.37. The summed E-state index contributed by atoms with van der Waals surface area (Å²) in [6, 6.07) is 8.53. The third-order valence-electron chi connectivity index (χ3n) is 3.40. The van der Waals surface area contributed by atoms with Gasteiger partial charge in [-0.3, -0.25) is 0 Å². The van der Waals surface area contributed by atoms with Crippen LogP contribution in [0, 0.1) is 0 Å². The smallest absolute Gasteiger partial charge is 0.0927 e. The van der Waals surface area contributed by atoms with Crippen LogP contribution >= 0.6 is 15.9 Å². The van der Waals surface area contributed by atoms with E-state index in [0.717, 1.165) is 17.3 Å². The van der Waals surface area contributed by atoms with Crippen LogP contribution in [-0.4, -0.2) is 7.11 Å². The van der Waals surface area contributed by atoms with Crippen LogP contribution in [0.5, 0.6) is 0 Å². The summed E-state index contributed by atoms with van der Waals surface area (Å²) in [7, 11) is 1.84. The molecule has 0 radical (unpaired) electrons. The zero-order chi connectivity index (χ0) is 10.7. The van der Waals surface area contributed by atoms with Gasteiger partial charge in [-0.05, 0) is 30.5 Å². The molecule has 1 saturated carbocycles. The van der Waals surface area contributed by atoms with E-state index < -0.39 is 0 Å². The Hall–Kier alpha value is -0.340. The van der Waals surface area contributed by atoms with E-state index in [-0.39, 0.29) is 5.60 Å². The minimum atomic E-state index is -0.0258. The molecule has 0 saturated heterocycles. The molecule has 1 aliphatic carbocycles. The molecule has 2 rings (SSSR count). The van der Waals surface area contributed by atoms with Gasteiger partial charge < -0.3 is 4.74 Å². The van der Waals surface area contributed by atoms with Crippen molar-refractivity contribution in [1.29, 1.82) is 0 Å². The zero-order valence-corrected chi connectivity index (χ0v) is 10.7. The molecule has 2 heteroatoms. The van der Waals surface area contributed by atoms with Crippen molar-refractivity contribution in [2.24, 2.45) is 0 Å². The second-order valence-corrected chi connectivity index (χ2v) is 5.19. The van der Waals surface area contributed by atoms with Crippen LogP contribution in [0.3, 0.4) is 0 Å². The predicted octanol–water partition coefficient (Wildman–Crippen LogP) is 4.25. The monoisotopic (exact) mass is 268 g/mol. The molecule has 0 atom stereocenters. The van der Waals surface area contributed by atoms with Crippen molar-refractivity contribution in [1.82, 2.24) is 0 Å². The highest BCUT2D eigenvalue weighted by molar-refractivity contribution is 9.10. The van der Waals surface area contributed by atoms with Crippen LogP contribution in [0.15, 0.2) is 28.7 Å². The predicted molar refractivity (Wildman–Crippen MR) is 65.9 cm³/mol. The number of ether oxygens (including phenoxy) is 1. The minimum absolute atomic E-state index is 0.0258. The van der Waals surface area contributed by atoms with Gasteiger partial charge in [-0.1, -0.05) is 47.3 Å². The van der Waals surface area contributed by atoms with E-state index in [0.29, 0.717) is 0 Å². The number of halogens is 1. The summed E-state index contributed by atoms with van der Waals surface area (Å²) in [5.74, 6) is 0. The van der Waals surface area contributed by atoms with Gasteiger partial charge in [-0.2, -0.15) is 0 Å². The molecule has 0 aliphatic heterocycles. The Balaban J connectivity index is 2.32. The Morgan fingerprint density at radius 1 is 1.20 bits per heavy atom. The molecule has 0 spiro atoms. The van der Waals surface area contributed by atoms with Crippen molar-refractivity contribution in [2.45, 2.75) is 37.7 Å². The summed E-state index contributed by atoms with van der Waals surface area (Å²) >= 11 is 3.53. The summed E-state index contributed by atoms with van der Waals surface area (Å²) in [5, 5.41) is 0. The zero-order valence-electron chi connectivity index (χ0n) is 9.13. The summed E-state index contributed by atoms with van der Waals surface area (Å²) in [6.45, 7) is 0. The first-order valence-electron chi connectivity index (χ1n) is 5.58. The molecule has 0 amide bonds. The van der Waals surface area contributed by atoms with E-state index in [1.807, 2.05) is 7.11 Å². The van der Waals surface area contributed by atoms with Gasteiger partial charge in [0.15, 0.2) is 0 Å². The summed E-state index contributed by atoms with van der Waals surface area (Å²) in [4.78, 5) is 0. The molecule has 0 bridgehead atoms. The van der Waals surface area contributed by atoms with Crippen molar-refractivity contribution < 1.29 is 4.74 Å². The molecule has 0 aromatic heterocycles. The fourth-order valence-corrected chi connectivity index (χ4v) is 2.90. The van der Waals surface area contributed by atoms with Crippen molar-refractivity contribution in [3.63, 3.8) is 0 Å². The topological polar surface area (TPSA) is 9.23 Å². The molecule has 1 aromatic carbocycles. The Labute approximate surface area is 100.0 Å². The highest BCUT2D eigenvalue weighted by atomic mass is 79.9.